The van der Waals surface area contributed by atoms with E-state index in [0.29, 0.717) is 12.8 Å². The minimum atomic E-state index is -1.13. The van der Waals surface area contributed by atoms with Crippen LogP contribution in [0.4, 0.5) is 0 Å². The number of carbonyl (C=O) groups is 4. The highest BCUT2D eigenvalue weighted by molar-refractivity contribution is 7.13. The first-order chi connectivity index (χ1) is 20.2. The second-order valence-electron chi connectivity index (χ2n) is 13.1. The molecule has 2 aliphatic rings. The number of benzene rings is 1. The number of hydrogen-bond donors (Lipinski definition) is 3. The number of aliphatic hydroxyl groups is 1. The van der Waals surface area contributed by atoms with Gasteiger partial charge in [0.15, 0.2) is 0 Å². The maximum atomic E-state index is 13.9. The van der Waals surface area contributed by atoms with Gasteiger partial charge in [-0.3, -0.25) is 24.0 Å². The smallest absolute Gasteiger partial charge is 0.309 e. The second kappa shape index (κ2) is 12.5. The molecule has 0 radical (unpaired) electrons. The average molecular weight is 608 g/mol. The molecule has 43 heavy (non-hydrogen) atoms. The fourth-order valence-electron chi connectivity index (χ4n) is 5.30. The van der Waals surface area contributed by atoms with Crippen LogP contribution in [0, 0.1) is 24.8 Å². The van der Waals surface area contributed by atoms with Crippen molar-refractivity contribution in [1.82, 2.24) is 20.5 Å². The predicted octanol–water partition coefficient (Wildman–Crippen LogP) is 3.84. The maximum absolute atomic E-state index is 13.9. The largest absolute Gasteiger partial charge is 0.391 e. The first-order valence-corrected chi connectivity index (χ1v) is 15.6. The van der Waals surface area contributed by atoms with E-state index in [4.69, 9.17) is 6.57 Å². The van der Waals surface area contributed by atoms with Crippen molar-refractivity contribution in [2.45, 2.75) is 97.0 Å². The zero-order chi connectivity index (χ0) is 31.7. The summed E-state index contributed by atoms with van der Waals surface area (Å²) in [5.74, 6) is -1.70. The highest BCUT2D eigenvalue weighted by Gasteiger charge is 2.59. The number of likely N-dealkylation sites (tertiary alicyclic amines) is 1. The topological polar surface area (TPSA) is 133 Å². The standard InChI is InChI=1S/C32H41N5O5S/c1-18(2)25(39)15-23(20-8-10-21(11-9-20)26-19(3)34-17-43-26)35-28(40)24-14-22(38)16-37(24)29(41)27(31(4,5)6)36-30(42)32(33-7)12-13-32/h8-11,17-18,22-24,27,38H,12-16H2,1-6H3,(H,35,40)(H,36,42)/t22-,23+,24+,27-/m1/s1. The third kappa shape index (κ3) is 7.13. The van der Waals surface area contributed by atoms with Gasteiger partial charge in [0.05, 0.1) is 28.2 Å². The number of rotatable bonds is 10. The quantitative estimate of drug-likeness (QED) is 0.352. The van der Waals surface area contributed by atoms with Gasteiger partial charge in [0.2, 0.25) is 11.8 Å². The first kappa shape index (κ1) is 32.3. The number of amides is 3. The molecule has 1 aliphatic carbocycles. The molecule has 0 unspecified atom stereocenters. The van der Waals surface area contributed by atoms with Crippen molar-refractivity contribution >= 4 is 34.8 Å². The van der Waals surface area contributed by atoms with Gasteiger partial charge >= 0.3 is 11.4 Å². The number of aryl methyl sites for hydroxylation is 1. The molecule has 1 aromatic carbocycles. The SMILES string of the molecule is [C-]#[N+]C1(C(=O)N[C@H](C(=O)N2C[C@H](O)C[C@H]2C(=O)N[C@@H](CC(=O)C(C)C)c2ccc(-c3scnc3C)cc2)C(C)(C)C)CC1. The van der Waals surface area contributed by atoms with Crippen LogP contribution in [0.2, 0.25) is 0 Å². The zero-order valence-corrected chi connectivity index (χ0v) is 26.5. The van der Waals surface area contributed by atoms with Crippen molar-refractivity contribution < 1.29 is 24.3 Å². The Bertz CT molecular complexity index is 1420. The molecule has 1 saturated carbocycles. The summed E-state index contributed by atoms with van der Waals surface area (Å²) in [4.78, 5) is 63.6. The lowest BCUT2D eigenvalue weighted by molar-refractivity contribution is -0.144. The van der Waals surface area contributed by atoms with E-state index in [9.17, 15) is 24.3 Å². The fraction of sp³-hybridized carbons (Fsp3) is 0.562. The number of aromatic nitrogens is 1. The van der Waals surface area contributed by atoms with Crippen LogP contribution in [-0.4, -0.2) is 68.8 Å². The fourth-order valence-corrected chi connectivity index (χ4v) is 6.11. The van der Waals surface area contributed by atoms with E-state index >= 15 is 0 Å². The number of ketones is 1. The van der Waals surface area contributed by atoms with Crippen molar-refractivity contribution in [2.75, 3.05) is 6.54 Å². The van der Waals surface area contributed by atoms with Crippen molar-refractivity contribution in [1.29, 1.82) is 0 Å². The van der Waals surface area contributed by atoms with Crippen LogP contribution in [0.3, 0.4) is 0 Å². The van der Waals surface area contributed by atoms with Gasteiger partial charge in [-0.15, -0.1) is 11.3 Å². The molecule has 0 spiro atoms. The predicted molar refractivity (Wildman–Crippen MR) is 164 cm³/mol. The molecule has 1 aromatic heterocycles. The molecule has 10 nitrogen and oxygen atoms in total. The van der Waals surface area contributed by atoms with E-state index in [2.05, 4.69) is 20.5 Å². The van der Waals surface area contributed by atoms with Crippen LogP contribution in [0.5, 0.6) is 0 Å². The highest BCUT2D eigenvalue weighted by atomic mass is 32.1. The lowest BCUT2D eigenvalue weighted by atomic mass is 9.85. The van der Waals surface area contributed by atoms with E-state index < -0.39 is 52.9 Å². The van der Waals surface area contributed by atoms with Crippen LogP contribution in [-0.2, 0) is 19.2 Å². The third-order valence-corrected chi connectivity index (χ3v) is 9.28. The third-order valence-electron chi connectivity index (χ3n) is 8.30. The summed E-state index contributed by atoms with van der Waals surface area (Å²) in [6.45, 7) is 18.3. The van der Waals surface area contributed by atoms with E-state index in [1.807, 2.05) is 45.0 Å². The van der Waals surface area contributed by atoms with Crippen molar-refractivity contribution in [2.24, 2.45) is 11.3 Å². The molecule has 2 aromatic rings. The van der Waals surface area contributed by atoms with E-state index in [-0.39, 0.29) is 31.1 Å². The van der Waals surface area contributed by atoms with Gasteiger partial charge in [-0.2, -0.15) is 0 Å². The number of carbonyl (C=O) groups excluding carboxylic acids is 4. The Morgan fingerprint density at radius 3 is 2.33 bits per heavy atom. The van der Waals surface area contributed by atoms with Crippen molar-refractivity contribution in [3.05, 3.63) is 52.5 Å². The molecule has 1 saturated heterocycles. The summed E-state index contributed by atoms with van der Waals surface area (Å²) in [5, 5.41) is 16.3. The van der Waals surface area contributed by atoms with Gasteiger partial charge in [0, 0.05) is 38.1 Å². The maximum Gasteiger partial charge on any atom is 0.309 e. The number of β-amino-alcohol motifs (C(OH)–C–C–N with tert-alkyl or cyclic N) is 1. The molecule has 2 heterocycles. The van der Waals surface area contributed by atoms with Gasteiger partial charge in [0.25, 0.3) is 0 Å². The molecule has 4 atom stereocenters. The number of hydrogen-bond acceptors (Lipinski definition) is 7. The Morgan fingerprint density at radius 1 is 1.16 bits per heavy atom. The Balaban J connectivity index is 1.56. The van der Waals surface area contributed by atoms with Crippen molar-refractivity contribution in [3.63, 3.8) is 0 Å². The molecule has 3 N–H and O–H groups in total. The molecule has 11 heteroatoms. The number of thiazole rings is 1. The van der Waals surface area contributed by atoms with Crippen LogP contribution in [0.15, 0.2) is 29.8 Å². The molecule has 1 aliphatic heterocycles. The van der Waals surface area contributed by atoms with Crippen LogP contribution < -0.4 is 10.6 Å². The molecule has 4 rings (SSSR count). The van der Waals surface area contributed by atoms with Gasteiger partial charge in [-0.1, -0.05) is 58.9 Å². The van der Waals surface area contributed by atoms with Gasteiger partial charge in [0.1, 0.15) is 17.9 Å². The van der Waals surface area contributed by atoms with Crippen LogP contribution in [0.1, 0.15) is 77.6 Å². The number of Topliss-reactive ketones (excluding diaryl/α,β-unsaturated/α-hetero) is 1. The normalized spacial score (nSPS) is 20.7. The minimum Gasteiger partial charge on any atom is -0.391 e. The van der Waals surface area contributed by atoms with E-state index in [0.717, 1.165) is 21.7 Å². The minimum absolute atomic E-state index is 0.0172. The zero-order valence-electron chi connectivity index (χ0n) is 25.6. The molecular weight excluding hydrogens is 566 g/mol. The first-order valence-electron chi connectivity index (χ1n) is 14.7. The lowest BCUT2D eigenvalue weighted by Gasteiger charge is -2.35. The molecule has 0 bridgehead atoms. The summed E-state index contributed by atoms with van der Waals surface area (Å²) in [7, 11) is 0. The number of nitrogens with zero attached hydrogens (tertiary/aromatic N) is 3. The van der Waals surface area contributed by atoms with Gasteiger partial charge in [-0.05, 0) is 23.5 Å². The summed E-state index contributed by atoms with van der Waals surface area (Å²) < 4.78 is 0. The lowest BCUT2D eigenvalue weighted by Crippen LogP contribution is -2.59. The molecule has 230 valence electrons. The summed E-state index contributed by atoms with van der Waals surface area (Å²) in [6.07, 6.45) is 0.0737. The number of nitrogens with one attached hydrogen (secondary N) is 2. The molecular formula is C32H41N5O5S. The van der Waals surface area contributed by atoms with Crippen LogP contribution >= 0.6 is 11.3 Å². The Kier molecular flexibility index (Phi) is 9.42. The summed E-state index contributed by atoms with van der Waals surface area (Å²) in [6, 6.07) is 5.02. The number of aliphatic hydroxyl groups excluding tert-OH is 1. The van der Waals surface area contributed by atoms with Gasteiger partial charge in [-0.25, -0.2) is 11.6 Å². The van der Waals surface area contributed by atoms with E-state index in [1.165, 1.54) is 16.2 Å². The monoisotopic (exact) mass is 607 g/mol. The molecule has 2 fully saturated rings. The Labute approximate surface area is 257 Å². The van der Waals surface area contributed by atoms with Crippen LogP contribution in [0.25, 0.3) is 15.3 Å². The summed E-state index contributed by atoms with van der Waals surface area (Å²) >= 11 is 1.54. The average Bonchev–Trinajstić information content (AvgIpc) is 3.49. The Morgan fingerprint density at radius 2 is 1.81 bits per heavy atom. The van der Waals surface area contributed by atoms with Gasteiger partial charge < -0.3 is 20.6 Å². The second-order valence-corrected chi connectivity index (χ2v) is 13.9. The highest BCUT2D eigenvalue weighted by Crippen LogP contribution is 2.40. The van der Waals surface area contributed by atoms with Crippen molar-refractivity contribution in [3.8, 4) is 10.4 Å². The van der Waals surface area contributed by atoms with E-state index in [1.54, 1.807) is 26.3 Å². The summed E-state index contributed by atoms with van der Waals surface area (Å²) in [5.41, 5.74) is 2.60. The molecule has 3 amide bonds. The Hall–Kier alpha value is -3.62.